The molecule has 2 aromatic rings. The van der Waals surface area contributed by atoms with Gasteiger partial charge in [0.15, 0.2) is 11.0 Å². The summed E-state index contributed by atoms with van der Waals surface area (Å²) in [7, 11) is 0. The van der Waals surface area contributed by atoms with Crippen LogP contribution in [0.15, 0.2) is 23.6 Å². The molecule has 0 saturated heterocycles. The summed E-state index contributed by atoms with van der Waals surface area (Å²) < 4.78 is 1.55. The number of hydrogen-bond acceptors (Lipinski definition) is 4. The molecule has 0 N–H and O–H groups in total. The highest BCUT2D eigenvalue weighted by molar-refractivity contribution is 7.98. The third-order valence-corrected chi connectivity index (χ3v) is 2.57. The van der Waals surface area contributed by atoms with Crippen molar-refractivity contribution in [3.8, 4) is 5.82 Å². The fraction of sp³-hybridized carbons (Fsp3) is 0.125. The molecule has 0 spiro atoms. The van der Waals surface area contributed by atoms with Crippen LogP contribution in [0.1, 0.15) is 0 Å². The first-order valence-electron chi connectivity index (χ1n) is 3.98. The Morgan fingerprint density at radius 3 is 2.73 bits per heavy atom. The monoisotopic (exact) mass is 260 g/mol. The Labute approximate surface area is 101 Å². The Kier molecular flexibility index (Phi) is 3.14. The summed E-state index contributed by atoms with van der Waals surface area (Å²) in [5.74, 6) is 0.603. The van der Waals surface area contributed by atoms with Crippen molar-refractivity contribution in [2.75, 3.05) is 6.26 Å². The molecule has 0 fully saturated rings. The van der Waals surface area contributed by atoms with Gasteiger partial charge >= 0.3 is 0 Å². The fourth-order valence-corrected chi connectivity index (χ4v) is 1.76. The van der Waals surface area contributed by atoms with Crippen LogP contribution in [0.25, 0.3) is 5.82 Å². The molecule has 0 radical (unpaired) electrons. The molecule has 0 aliphatic heterocycles. The van der Waals surface area contributed by atoms with Crippen LogP contribution < -0.4 is 0 Å². The Bertz CT molecular complexity index is 485. The summed E-state index contributed by atoms with van der Waals surface area (Å²) in [5.41, 5.74) is 0. The standard InChI is InChI=1S/C8H6Cl2N4S/c1-15-8-12-6(10)2-7(13-8)14-4-5(9)3-11-14/h2-4H,1H3. The van der Waals surface area contributed by atoms with Gasteiger partial charge < -0.3 is 0 Å². The topological polar surface area (TPSA) is 43.6 Å². The van der Waals surface area contributed by atoms with Gasteiger partial charge in [0, 0.05) is 6.07 Å². The third-order valence-electron chi connectivity index (χ3n) is 1.63. The normalized spacial score (nSPS) is 10.6. The molecule has 0 aliphatic rings. The van der Waals surface area contributed by atoms with Crippen molar-refractivity contribution in [2.24, 2.45) is 0 Å². The summed E-state index contributed by atoms with van der Waals surface area (Å²) in [6.07, 6.45) is 5.08. The molecule has 0 aromatic carbocycles. The van der Waals surface area contributed by atoms with Crippen molar-refractivity contribution >= 4 is 35.0 Å². The van der Waals surface area contributed by atoms with Crippen molar-refractivity contribution in [3.05, 3.63) is 28.6 Å². The summed E-state index contributed by atoms with van der Waals surface area (Å²) in [6.45, 7) is 0. The Morgan fingerprint density at radius 1 is 1.33 bits per heavy atom. The molecule has 4 nitrogen and oxygen atoms in total. The van der Waals surface area contributed by atoms with Crippen LogP contribution in [0.5, 0.6) is 0 Å². The Hall–Kier alpha value is -0.780. The van der Waals surface area contributed by atoms with Crippen LogP contribution in [0.3, 0.4) is 0 Å². The van der Waals surface area contributed by atoms with E-state index >= 15 is 0 Å². The van der Waals surface area contributed by atoms with Crippen LogP contribution in [0, 0.1) is 0 Å². The van der Waals surface area contributed by atoms with E-state index in [1.165, 1.54) is 18.0 Å². The zero-order chi connectivity index (χ0) is 10.8. The molecule has 0 aliphatic carbocycles. The Morgan fingerprint density at radius 2 is 2.13 bits per heavy atom. The molecule has 15 heavy (non-hydrogen) atoms. The number of rotatable bonds is 2. The largest absolute Gasteiger partial charge is 0.221 e. The summed E-state index contributed by atoms with van der Waals surface area (Å²) >= 11 is 13.0. The van der Waals surface area contributed by atoms with Gasteiger partial charge in [0.2, 0.25) is 0 Å². The van der Waals surface area contributed by atoms with Crippen molar-refractivity contribution in [1.82, 2.24) is 19.7 Å². The number of hydrogen-bond donors (Lipinski definition) is 0. The smallest absolute Gasteiger partial charge is 0.190 e. The lowest BCUT2D eigenvalue weighted by molar-refractivity contribution is 0.807. The van der Waals surface area contributed by atoms with Crippen molar-refractivity contribution in [2.45, 2.75) is 5.16 Å². The van der Waals surface area contributed by atoms with Crippen molar-refractivity contribution in [1.29, 1.82) is 0 Å². The van der Waals surface area contributed by atoms with E-state index in [0.717, 1.165) is 0 Å². The van der Waals surface area contributed by atoms with E-state index in [4.69, 9.17) is 23.2 Å². The van der Waals surface area contributed by atoms with Crippen molar-refractivity contribution in [3.63, 3.8) is 0 Å². The number of thioether (sulfide) groups is 1. The van der Waals surface area contributed by atoms with Crippen molar-refractivity contribution < 1.29 is 0 Å². The van der Waals surface area contributed by atoms with Gasteiger partial charge in [-0.2, -0.15) is 5.10 Å². The van der Waals surface area contributed by atoms with E-state index in [0.29, 0.717) is 21.2 Å². The van der Waals surface area contributed by atoms with Gasteiger partial charge in [-0.1, -0.05) is 35.0 Å². The van der Waals surface area contributed by atoms with E-state index in [2.05, 4.69) is 15.1 Å². The van der Waals surface area contributed by atoms with Crippen LogP contribution in [0.4, 0.5) is 0 Å². The lowest BCUT2D eigenvalue weighted by atomic mass is 10.6. The van der Waals surface area contributed by atoms with Gasteiger partial charge in [-0.15, -0.1) is 0 Å². The lowest BCUT2D eigenvalue weighted by Gasteiger charge is -2.02. The zero-order valence-corrected chi connectivity index (χ0v) is 10.0. The molecule has 78 valence electrons. The molecular weight excluding hydrogens is 255 g/mol. The van der Waals surface area contributed by atoms with E-state index < -0.39 is 0 Å². The second kappa shape index (κ2) is 4.38. The number of nitrogens with zero attached hydrogens (tertiary/aromatic N) is 4. The number of aromatic nitrogens is 4. The van der Waals surface area contributed by atoms with Gasteiger partial charge in [0.1, 0.15) is 5.15 Å². The maximum atomic E-state index is 5.85. The summed E-state index contributed by atoms with van der Waals surface area (Å²) in [4.78, 5) is 8.27. The van der Waals surface area contributed by atoms with Crippen LogP contribution in [-0.4, -0.2) is 26.0 Å². The van der Waals surface area contributed by atoms with E-state index in [-0.39, 0.29) is 0 Å². The maximum absolute atomic E-state index is 5.85. The van der Waals surface area contributed by atoms with Crippen LogP contribution >= 0.6 is 35.0 Å². The third kappa shape index (κ3) is 2.42. The first-order valence-corrected chi connectivity index (χ1v) is 5.96. The second-order valence-corrected chi connectivity index (χ2v) is 4.24. The Balaban J connectivity index is 2.48. The molecule has 0 atom stereocenters. The van der Waals surface area contributed by atoms with E-state index in [1.54, 1.807) is 16.9 Å². The van der Waals surface area contributed by atoms with E-state index in [1.807, 2.05) is 6.26 Å². The lowest BCUT2D eigenvalue weighted by Crippen LogP contribution is -2.00. The van der Waals surface area contributed by atoms with Crippen LogP contribution in [0.2, 0.25) is 10.2 Å². The number of halogens is 2. The highest BCUT2D eigenvalue weighted by Gasteiger charge is 2.05. The fourth-order valence-electron chi connectivity index (χ4n) is 1.02. The molecule has 7 heteroatoms. The van der Waals surface area contributed by atoms with Gasteiger partial charge in [-0.3, -0.25) is 0 Å². The molecule has 0 amide bonds. The molecule has 2 rings (SSSR count). The van der Waals surface area contributed by atoms with Gasteiger partial charge in [-0.25, -0.2) is 14.6 Å². The minimum atomic E-state index is 0.385. The van der Waals surface area contributed by atoms with Crippen LogP contribution in [-0.2, 0) is 0 Å². The SMILES string of the molecule is CSc1nc(Cl)cc(-n2cc(Cl)cn2)n1. The molecule has 2 aromatic heterocycles. The summed E-state index contributed by atoms with van der Waals surface area (Å²) in [6, 6.07) is 1.63. The van der Waals surface area contributed by atoms with Gasteiger partial charge in [-0.05, 0) is 6.26 Å². The van der Waals surface area contributed by atoms with E-state index in [9.17, 15) is 0 Å². The maximum Gasteiger partial charge on any atom is 0.190 e. The molecular formula is C8H6Cl2N4S. The first-order chi connectivity index (χ1) is 7.19. The molecule has 0 saturated carbocycles. The molecule has 0 unspecified atom stereocenters. The quantitative estimate of drug-likeness (QED) is 0.473. The average Bonchev–Trinajstić information content (AvgIpc) is 2.64. The molecule has 2 heterocycles. The zero-order valence-electron chi connectivity index (χ0n) is 7.69. The minimum Gasteiger partial charge on any atom is -0.221 e. The predicted octanol–water partition coefficient (Wildman–Crippen LogP) is 2.69. The second-order valence-electron chi connectivity index (χ2n) is 2.64. The van der Waals surface area contributed by atoms with Gasteiger partial charge in [0.25, 0.3) is 0 Å². The highest BCUT2D eigenvalue weighted by Crippen LogP contribution is 2.17. The highest BCUT2D eigenvalue weighted by atomic mass is 35.5. The summed E-state index contributed by atoms with van der Waals surface area (Å²) in [5, 5.41) is 5.57. The predicted molar refractivity (Wildman–Crippen MR) is 61.0 cm³/mol. The first kappa shape index (κ1) is 10.7. The van der Waals surface area contributed by atoms with Gasteiger partial charge in [0.05, 0.1) is 17.4 Å². The molecule has 0 bridgehead atoms. The average molecular weight is 261 g/mol. The minimum absolute atomic E-state index is 0.385.